The van der Waals surface area contributed by atoms with Crippen LogP contribution in [0, 0.1) is 0 Å². The summed E-state index contributed by atoms with van der Waals surface area (Å²) in [5.74, 6) is 0. The molecule has 2 N–H and O–H groups in total. The zero-order valence-corrected chi connectivity index (χ0v) is 7.71. The second-order valence-corrected chi connectivity index (χ2v) is 2.35. The average Bonchev–Trinajstić information content (AvgIpc) is 2.01. The smallest absolute Gasteiger partial charge is 0.833 e. The summed E-state index contributed by atoms with van der Waals surface area (Å²) in [6.45, 7) is 0. The summed E-state index contributed by atoms with van der Waals surface area (Å²) in [5.41, 5.74) is 0. The van der Waals surface area contributed by atoms with Gasteiger partial charge in [0.05, 0.1) is 0 Å². The number of nitrogens with one attached hydrogen (secondary N) is 1. The van der Waals surface area contributed by atoms with Crippen LogP contribution in [0.5, 0.6) is 0 Å². The summed E-state index contributed by atoms with van der Waals surface area (Å²) in [6, 6.07) is 0. The van der Waals surface area contributed by atoms with E-state index in [0.717, 1.165) is 0 Å². The van der Waals surface area contributed by atoms with E-state index in [9.17, 15) is 5.02 Å². The molecule has 0 aromatic rings. The van der Waals surface area contributed by atoms with Crippen molar-refractivity contribution in [2.75, 3.05) is 14.1 Å². The fraction of sp³-hybridized carbons (Fsp3) is 1.00. The lowest BCUT2D eigenvalue weighted by Crippen LogP contribution is -2.63. The molecule has 2 rings (SSSR count). The Kier molecular flexibility index (Phi) is 4.92. The lowest BCUT2D eigenvalue weighted by Gasteiger charge is -2.36. The molecule has 2 fully saturated rings. The fourth-order valence-electron chi connectivity index (χ4n) is 0.719. The third-order valence-corrected chi connectivity index (χ3v) is 1.12. The van der Waals surface area contributed by atoms with Crippen molar-refractivity contribution in [1.29, 1.82) is 0 Å². The fourth-order valence-corrected chi connectivity index (χ4v) is 0.719. The van der Waals surface area contributed by atoms with Crippen molar-refractivity contribution in [1.82, 2.24) is 5.32 Å². The van der Waals surface area contributed by atoms with E-state index in [1.54, 1.807) is 0 Å². The number of fused-ring (bicyclic) bond motifs is 2. The van der Waals surface area contributed by atoms with E-state index < -0.39 is 29.3 Å². The first-order chi connectivity index (χ1) is 6.65. The van der Waals surface area contributed by atoms with Crippen LogP contribution in [0.4, 0.5) is 0 Å². The maximum atomic E-state index is 10.5. The SMILES string of the molecule is CNC.[H+].[O-]B1OB2OB(O)OB(O1)O2. The Bertz CT molecular complexity index is 146. The Morgan fingerprint density at radius 2 is 1.50 bits per heavy atom. The third kappa shape index (κ3) is 3.59. The van der Waals surface area contributed by atoms with Crippen LogP contribution in [0.25, 0.3) is 0 Å². The van der Waals surface area contributed by atoms with Gasteiger partial charge in [-0.1, -0.05) is 0 Å². The van der Waals surface area contributed by atoms with Crippen molar-refractivity contribution in [3.8, 4) is 0 Å². The predicted octanol–water partition coefficient (Wildman–Crippen LogP) is -3.66. The Balaban J connectivity index is 0.000000443. The van der Waals surface area contributed by atoms with Crippen molar-refractivity contribution in [3.05, 3.63) is 0 Å². The summed E-state index contributed by atoms with van der Waals surface area (Å²) in [7, 11) is -1.85. The van der Waals surface area contributed by atoms with Gasteiger partial charge in [-0.05, 0) is 14.1 Å². The van der Waals surface area contributed by atoms with E-state index in [2.05, 4.69) is 28.2 Å². The molecule has 0 radical (unpaired) electrons. The molecule has 2 saturated heterocycles. The highest BCUT2D eigenvalue weighted by atomic mass is 16.9. The molecule has 76 valence electrons. The predicted molar refractivity (Wildman–Crippen MR) is 46.8 cm³/mol. The lowest BCUT2D eigenvalue weighted by molar-refractivity contribution is -0.244. The maximum absolute atomic E-state index is 10.5. The van der Waals surface area contributed by atoms with Crippen molar-refractivity contribution in [2.45, 2.75) is 0 Å². The van der Waals surface area contributed by atoms with Gasteiger partial charge in [0.2, 0.25) is 0 Å². The summed E-state index contributed by atoms with van der Waals surface area (Å²) in [4.78, 5) is 0. The van der Waals surface area contributed by atoms with Gasteiger partial charge in [0.15, 0.2) is 0 Å². The molecular weight excluding hydrogens is 193 g/mol. The molecule has 0 spiro atoms. The van der Waals surface area contributed by atoms with Crippen LogP contribution in [-0.2, 0) is 22.9 Å². The molecule has 0 unspecified atom stereocenters. The van der Waals surface area contributed by atoms with Gasteiger partial charge in [-0.15, -0.1) is 0 Å². The van der Waals surface area contributed by atoms with Crippen LogP contribution in [0.3, 0.4) is 0 Å². The van der Waals surface area contributed by atoms with E-state index in [4.69, 9.17) is 5.02 Å². The van der Waals surface area contributed by atoms with E-state index in [-0.39, 0.29) is 1.43 Å². The summed E-state index contributed by atoms with van der Waals surface area (Å²) < 4.78 is 22.2. The van der Waals surface area contributed by atoms with Gasteiger partial charge < -0.3 is 38.2 Å². The zero-order chi connectivity index (χ0) is 10.6. The highest BCUT2D eigenvalue weighted by Gasteiger charge is 2.48. The molecule has 0 atom stereocenters. The topological polar surface area (TPSA) is 101 Å². The summed E-state index contributed by atoms with van der Waals surface area (Å²) >= 11 is 0. The molecule has 12 heteroatoms. The first-order valence-electron chi connectivity index (χ1n) is 3.85. The monoisotopic (exact) mass is 203 g/mol. The highest BCUT2D eigenvalue weighted by Crippen LogP contribution is 2.13. The second-order valence-electron chi connectivity index (χ2n) is 2.35. The second kappa shape index (κ2) is 5.73. The van der Waals surface area contributed by atoms with Gasteiger partial charge >= 0.3 is 30.7 Å². The average molecular weight is 202 g/mol. The molecular formula is C2H9B4NO7. The van der Waals surface area contributed by atoms with E-state index >= 15 is 0 Å². The summed E-state index contributed by atoms with van der Waals surface area (Å²) in [5, 5.41) is 22.0. The zero-order valence-electron chi connectivity index (χ0n) is 8.71. The van der Waals surface area contributed by atoms with Crippen LogP contribution in [-0.4, -0.2) is 48.4 Å². The van der Waals surface area contributed by atoms with Crippen LogP contribution in [0.15, 0.2) is 0 Å². The minimum atomic E-state index is -1.70. The van der Waals surface area contributed by atoms with Gasteiger partial charge in [-0.2, -0.15) is 0 Å². The quantitative estimate of drug-likeness (QED) is 0.388. The Hall–Kier alpha value is -0.0603. The Morgan fingerprint density at radius 3 is 1.93 bits per heavy atom. The van der Waals surface area contributed by atoms with Crippen LogP contribution < -0.4 is 10.3 Å². The van der Waals surface area contributed by atoms with Crippen LogP contribution in [0.1, 0.15) is 1.43 Å². The first-order valence-corrected chi connectivity index (χ1v) is 3.85. The van der Waals surface area contributed by atoms with Crippen LogP contribution in [0.2, 0.25) is 0 Å². The molecule has 0 amide bonds. The number of rotatable bonds is 0. The molecule has 0 saturated carbocycles. The normalized spacial score (nSPS) is 20.6. The minimum Gasteiger partial charge on any atom is -0.833 e. The first kappa shape index (κ1) is 12.0. The molecule has 0 aromatic heterocycles. The largest absolute Gasteiger partial charge is 1.00 e. The van der Waals surface area contributed by atoms with Crippen molar-refractivity contribution in [2.24, 2.45) is 0 Å². The molecule has 2 bridgehead atoms. The van der Waals surface area contributed by atoms with Gasteiger partial charge in [-0.25, -0.2) is 0 Å². The molecule has 0 aromatic carbocycles. The van der Waals surface area contributed by atoms with E-state index in [1.807, 2.05) is 14.1 Å². The van der Waals surface area contributed by atoms with E-state index in [0.29, 0.717) is 0 Å². The van der Waals surface area contributed by atoms with Gasteiger partial charge in [0.1, 0.15) is 0 Å². The van der Waals surface area contributed by atoms with Crippen molar-refractivity contribution >= 4 is 29.3 Å². The standard InChI is InChI=1S/C2H7N.B4HO7/c1-3-2;5-1-7-3-9-2(6)10-4(8-1)11-3/h3H,1-2H3;5H/q;-1/p+1. The minimum absolute atomic E-state index is 0. The molecule has 2 aliphatic heterocycles. The van der Waals surface area contributed by atoms with Gasteiger partial charge in [-0.3, -0.25) is 0 Å². The van der Waals surface area contributed by atoms with Crippen molar-refractivity contribution in [3.63, 3.8) is 0 Å². The highest BCUT2D eigenvalue weighted by molar-refractivity contribution is 6.74. The summed E-state index contributed by atoms with van der Waals surface area (Å²) in [6.07, 6.45) is 0. The molecule has 14 heavy (non-hydrogen) atoms. The Morgan fingerprint density at radius 1 is 1.07 bits per heavy atom. The molecule has 0 aliphatic carbocycles. The Labute approximate surface area is 84.0 Å². The lowest BCUT2D eigenvalue weighted by atomic mass is 9.90. The third-order valence-electron chi connectivity index (χ3n) is 1.12. The van der Waals surface area contributed by atoms with Gasteiger partial charge in [0, 0.05) is 0 Å². The number of hydrogen-bond donors (Lipinski definition) is 2. The molecule has 8 nitrogen and oxygen atoms in total. The molecule has 2 heterocycles. The van der Waals surface area contributed by atoms with Gasteiger partial charge in [0.25, 0.3) is 0 Å². The van der Waals surface area contributed by atoms with Crippen LogP contribution >= 0.6 is 0 Å². The number of hydrogen-bond acceptors (Lipinski definition) is 8. The molecule has 2 aliphatic rings. The maximum Gasteiger partial charge on any atom is 1.00 e. The van der Waals surface area contributed by atoms with E-state index in [1.165, 1.54) is 0 Å². The van der Waals surface area contributed by atoms with Crippen molar-refractivity contribution < 1.29 is 34.3 Å².